The van der Waals surface area contributed by atoms with Gasteiger partial charge in [-0.3, -0.25) is 0 Å². The molecule has 0 aliphatic carbocycles. The van der Waals surface area contributed by atoms with Gasteiger partial charge >= 0.3 is 0 Å². The summed E-state index contributed by atoms with van der Waals surface area (Å²) in [5.74, 6) is -7.58. The van der Waals surface area contributed by atoms with Crippen LogP contribution in [0.5, 0.6) is 0 Å². The Morgan fingerprint density at radius 3 is 2.09 bits per heavy atom. The van der Waals surface area contributed by atoms with Gasteiger partial charge in [0.25, 0.3) is 0 Å². The summed E-state index contributed by atoms with van der Waals surface area (Å²) in [5, 5.41) is 46.4. The first-order valence-corrected chi connectivity index (χ1v) is 23.8. The molecule has 7 rings (SSSR count). The molecule has 0 saturated carbocycles. The molecule has 18 heteroatoms. The Labute approximate surface area is 385 Å². The van der Waals surface area contributed by atoms with Gasteiger partial charge in [0, 0.05) is 90.2 Å². The lowest BCUT2D eigenvalue weighted by atomic mass is 9.75. The van der Waals surface area contributed by atoms with Crippen molar-refractivity contribution >= 4 is 5.97 Å². The van der Waals surface area contributed by atoms with Gasteiger partial charge in [-0.1, -0.05) is 34.6 Å². The quantitative estimate of drug-likeness (QED) is 0.207. The molecule has 0 amide bonds. The van der Waals surface area contributed by atoms with Gasteiger partial charge in [-0.25, -0.2) is 0 Å². The van der Waals surface area contributed by atoms with E-state index in [9.17, 15) is 25.2 Å². The summed E-state index contributed by atoms with van der Waals surface area (Å²) in [7, 11) is 6.34. The molecule has 378 valence electrons. The van der Waals surface area contributed by atoms with E-state index in [0.717, 1.165) is 6.42 Å². The number of aliphatic hydroxyl groups excluding tert-OH is 1. The minimum atomic E-state index is -2.09. The highest BCUT2D eigenvalue weighted by Gasteiger charge is 2.63. The van der Waals surface area contributed by atoms with Crippen LogP contribution in [0.25, 0.3) is 0 Å². The maximum Gasteiger partial charge on any atom is 0.176 e. The van der Waals surface area contributed by atoms with Gasteiger partial charge in [-0.15, -0.1) is 0 Å². The van der Waals surface area contributed by atoms with Gasteiger partial charge in [0.1, 0.15) is 18.3 Å². The molecule has 7 N–H and O–H groups in total. The molecule has 18 nitrogen and oxygen atoms in total. The lowest BCUT2D eigenvalue weighted by molar-refractivity contribution is -0.373. The van der Waals surface area contributed by atoms with E-state index in [4.69, 9.17) is 56.8 Å². The molecule has 0 aromatic heterocycles. The molecule has 0 aromatic rings. The summed E-state index contributed by atoms with van der Waals surface area (Å²) < 4.78 is 77.5. The van der Waals surface area contributed by atoms with Gasteiger partial charge in [-0.2, -0.15) is 0 Å². The van der Waals surface area contributed by atoms with Crippen molar-refractivity contribution in [3.05, 3.63) is 0 Å². The number of quaternary nitrogens is 1. The molecular weight excluding hydrogens is 851 g/mol. The maximum atomic E-state index is 11.8. The summed E-state index contributed by atoms with van der Waals surface area (Å²) in [6.07, 6.45) is -3.46. The number of carbonyl (C=O) groups excluding carboxylic acids is 1. The van der Waals surface area contributed by atoms with E-state index in [1.165, 1.54) is 14.2 Å². The fraction of sp³-hybridized carbons (Fsp3) is 0.979. The highest BCUT2D eigenvalue weighted by molar-refractivity contribution is 5.65. The van der Waals surface area contributed by atoms with Crippen LogP contribution in [0.1, 0.15) is 120 Å². The van der Waals surface area contributed by atoms with E-state index in [0.29, 0.717) is 38.5 Å². The molecule has 7 fully saturated rings. The van der Waals surface area contributed by atoms with Crippen molar-refractivity contribution in [1.82, 2.24) is 6.15 Å². The zero-order valence-electron chi connectivity index (χ0n) is 41.4. The number of aliphatic carboxylic acids is 1. The van der Waals surface area contributed by atoms with Crippen LogP contribution in [0.15, 0.2) is 0 Å². The second-order valence-electron chi connectivity index (χ2n) is 21.3. The molecule has 24 atom stereocenters. The van der Waals surface area contributed by atoms with E-state index < -0.39 is 102 Å². The third kappa shape index (κ3) is 10.1. The SMILES string of the molecule is CO[C@@H]1[C@@H](OC)[C@H](C)[C@@](O)(CC(=O)[O-])O[C@H]1[C@H](C)[C@H]1O[C@@]2(CC[C@](C)([C@@H]3CC[C@](C)([C@@H]4O[C@@H]([C@H]5O[C@](C)(O)[C@H](C)C[C@@H]5C)C[C@@H]4O[C@@H]4C[C@H](OC)[C@@H](OC)[C@H](C)O4)O3)O2)C[C@H](O)[C@H]1C.[NH4+]. The van der Waals surface area contributed by atoms with Crippen LogP contribution in [0.3, 0.4) is 0 Å². The smallest absolute Gasteiger partial charge is 0.176 e. The van der Waals surface area contributed by atoms with E-state index in [-0.39, 0.29) is 66.9 Å². The molecule has 0 unspecified atom stereocenters. The summed E-state index contributed by atoms with van der Waals surface area (Å²) in [4.78, 5) is 11.8. The predicted molar refractivity (Wildman–Crippen MR) is 231 cm³/mol. The zero-order chi connectivity index (χ0) is 46.9. The molecule has 1 spiro atoms. The monoisotopic (exact) mass is 934 g/mol. The zero-order valence-corrected chi connectivity index (χ0v) is 41.4. The summed E-state index contributed by atoms with van der Waals surface area (Å²) in [6.45, 7) is 17.4. The van der Waals surface area contributed by atoms with Crippen molar-refractivity contribution in [3.63, 3.8) is 0 Å². The topological polar surface area (TPSA) is 248 Å². The highest BCUT2D eigenvalue weighted by atomic mass is 16.7. The Balaban J connectivity index is 0.00000700. The number of hydrogen-bond donors (Lipinski definition) is 4. The number of carboxylic acid groups (broad SMARTS) is 1. The molecule has 0 bridgehead atoms. The van der Waals surface area contributed by atoms with E-state index in [1.54, 1.807) is 28.1 Å². The second kappa shape index (κ2) is 19.9. The van der Waals surface area contributed by atoms with Crippen LogP contribution in [0.4, 0.5) is 0 Å². The van der Waals surface area contributed by atoms with Crippen molar-refractivity contribution in [1.29, 1.82) is 0 Å². The van der Waals surface area contributed by atoms with E-state index in [2.05, 4.69) is 13.8 Å². The number of methoxy groups -OCH3 is 4. The van der Waals surface area contributed by atoms with E-state index >= 15 is 0 Å². The van der Waals surface area contributed by atoms with Crippen molar-refractivity contribution in [2.75, 3.05) is 28.4 Å². The number of ether oxygens (including phenoxy) is 12. The van der Waals surface area contributed by atoms with Crippen LogP contribution in [0, 0.1) is 29.6 Å². The molecule has 0 aromatic carbocycles. The van der Waals surface area contributed by atoms with Gasteiger partial charge in [0.2, 0.25) is 0 Å². The Bertz CT molecular complexity index is 1610. The average Bonchev–Trinajstić information content (AvgIpc) is 3.94. The number of carboxylic acids is 1. The maximum absolute atomic E-state index is 11.8. The Morgan fingerprint density at radius 1 is 0.785 bits per heavy atom. The van der Waals surface area contributed by atoms with E-state index in [1.807, 2.05) is 34.6 Å². The first kappa shape index (κ1) is 53.2. The van der Waals surface area contributed by atoms with Crippen molar-refractivity contribution in [3.8, 4) is 0 Å². The second-order valence-corrected chi connectivity index (χ2v) is 21.3. The third-order valence-electron chi connectivity index (χ3n) is 16.8. The van der Waals surface area contributed by atoms with Crippen molar-refractivity contribution in [2.45, 2.75) is 234 Å². The molecule has 7 saturated heterocycles. The predicted octanol–water partition coefficient (Wildman–Crippen LogP) is 3.36. The van der Waals surface area contributed by atoms with Gasteiger partial charge < -0.3 is 88.2 Å². The fourth-order valence-corrected chi connectivity index (χ4v) is 12.7. The lowest BCUT2D eigenvalue weighted by Crippen LogP contribution is -2.66. The third-order valence-corrected chi connectivity index (χ3v) is 16.8. The average molecular weight is 934 g/mol. The largest absolute Gasteiger partial charge is 0.550 e. The fourth-order valence-electron chi connectivity index (χ4n) is 12.7. The molecule has 7 aliphatic rings. The summed E-state index contributed by atoms with van der Waals surface area (Å²) in [5.41, 5.74) is -1.61. The Morgan fingerprint density at radius 2 is 1.46 bits per heavy atom. The van der Waals surface area contributed by atoms with Crippen LogP contribution < -0.4 is 11.3 Å². The highest BCUT2D eigenvalue weighted by Crippen LogP contribution is 2.55. The number of aliphatic hydroxyl groups is 3. The van der Waals surface area contributed by atoms with Crippen LogP contribution in [-0.2, 0) is 61.6 Å². The van der Waals surface area contributed by atoms with Crippen LogP contribution in [0.2, 0.25) is 0 Å². The van der Waals surface area contributed by atoms with Crippen LogP contribution in [-0.4, -0.2) is 164 Å². The molecule has 65 heavy (non-hydrogen) atoms. The van der Waals surface area contributed by atoms with Crippen LogP contribution >= 0.6 is 0 Å². The minimum absolute atomic E-state index is 0. The molecule has 7 aliphatic heterocycles. The standard InChI is InChI=1S/C47H80O17.H3N/c1-23-18-24(2)45(9,51)61-36(23)31-19-32(58-35-20-30(53-10)40(55-12)28(6)57-35)42(59-31)44(8)15-14-33(60-44)43(7)16-17-46(64-43)21-29(48)25(3)37(62-46)26(4)38-41(56-13)39(54-11)27(5)47(52,63-38)22-34(49)50;/h23-33,35-42,48,51-52H,14-22H2,1-13H3,(H,49,50);1H3/t23-,24+,25+,26+,27-,28-,29-,30-,31+,32-,33-,35+,36-,37-,38-,39-,40-,41-,42+,43+,44+,45-,46+,47+;/m0./s1. The Kier molecular flexibility index (Phi) is 16.3. The van der Waals surface area contributed by atoms with Crippen molar-refractivity contribution < 1.29 is 82.1 Å². The number of rotatable bonds is 13. The Hall–Kier alpha value is -1.17. The first-order valence-electron chi connectivity index (χ1n) is 23.8. The molecule has 0 radical (unpaired) electrons. The van der Waals surface area contributed by atoms with Crippen molar-refractivity contribution in [2.24, 2.45) is 29.6 Å². The lowest BCUT2D eigenvalue weighted by Gasteiger charge is -2.54. The number of hydrogen-bond acceptors (Lipinski definition) is 17. The summed E-state index contributed by atoms with van der Waals surface area (Å²) in [6, 6.07) is 0. The molecule has 7 heterocycles. The normalized spacial score (nSPS) is 53.2. The van der Waals surface area contributed by atoms with Gasteiger partial charge in [0.15, 0.2) is 23.7 Å². The molecular formula is C47H83NO17. The number of carbonyl (C=O) groups is 1. The van der Waals surface area contributed by atoms with Gasteiger partial charge in [-0.05, 0) is 59.3 Å². The summed E-state index contributed by atoms with van der Waals surface area (Å²) >= 11 is 0. The minimum Gasteiger partial charge on any atom is -0.550 e. The van der Waals surface area contributed by atoms with Gasteiger partial charge in [0.05, 0.1) is 72.2 Å². The first-order chi connectivity index (χ1) is 30.0.